The molecule has 1 aromatic heterocycles. The van der Waals surface area contributed by atoms with Crippen LogP contribution in [0.5, 0.6) is 0 Å². The molecule has 3 aliphatic rings. The molecule has 118 valence electrons. The minimum Gasteiger partial charge on any atom is -0.479 e. The summed E-state index contributed by atoms with van der Waals surface area (Å²) in [5.41, 5.74) is 0.489. The van der Waals surface area contributed by atoms with Crippen molar-refractivity contribution >= 4 is 11.9 Å². The minimum absolute atomic E-state index is 0.253. The third-order valence-electron chi connectivity index (χ3n) is 5.17. The number of carboxylic acids is 1. The van der Waals surface area contributed by atoms with Crippen molar-refractivity contribution < 1.29 is 27.9 Å². The molecule has 4 rings (SSSR count). The molecule has 2 fully saturated rings. The van der Waals surface area contributed by atoms with E-state index >= 15 is 0 Å². The van der Waals surface area contributed by atoms with Crippen LogP contribution in [0.15, 0.2) is 16.7 Å². The molecule has 5 nitrogen and oxygen atoms in total. The first-order chi connectivity index (χ1) is 10.4. The first-order valence-electron chi connectivity index (χ1n) is 7.36. The fraction of sp³-hybridized carbons (Fsp3) is 0.600. The molecule has 2 saturated carbocycles. The molecule has 1 aliphatic heterocycles. The number of halogens is 2. The van der Waals surface area contributed by atoms with Gasteiger partial charge < -0.3 is 14.4 Å². The van der Waals surface area contributed by atoms with E-state index in [0.29, 0.717) is 17.7 Å². The molecular weight excluding hydrogens is 296 g/mol. The van der Waals surface area contributed by atoms with E-state index in [1.807, 2.05) is 0 Å². The van der Waals surface area contributed by atoms with Crippen LogP contribution in [0.2, 0.25) is 0 Å². The Morgan fingerprint density at radius 1 is 1.32 bits per heavy atom. The van der Waals surface area contributed by atoms with Crippen molar-refractivity contribution in [3.63, 3.8) is 0 Å². The Bertz CT molecular complexity index is 642. The zero-order valence-electron chi connectivity index (χ0n) is 11.7. The molecule has 2 heterocycles. The zero-order valence-corrected chi connectivity index (χ0v) is 11.7. The molecule has 1 N–H and O–H groups in total. The number of hydrogen-bond donors (Lipinski definition) is 1. The Balaban J connectivity index is 1.56. The molecule has 2 unspecified atom stereocenters. The number of furan rings is 1. The van der Waals surface area contributed by atoms with Gasteiger partial charge in [0.05, 0.1) is 6.26 Å². The number of alkyl halides is 2. The van der Waals surface area contributed by atoms with Gasteiger partial charge in [-0.1, -0.05) is 0 Å². The standard InChI is InChI=1S/C15H15F2NO4/c16-15(17)5-8-9(6-15)11(8)13(19)18-3-1-10-7(2-4-22-10)12(18)14(20)21/h2,4,8-9,11-12H,1,3,5-6H2,(H,20,21)/t8-,9+,11?,12?. The van der Waals surface area contributed by atoms with E-state index in [4.69, 9.17) is 4.42 Å². The summed E-state index contributed by atoms with van der Waals surface area (Å²) >= 11 is 0. The second-order valence-corrected chi connectivity index (χ2v) is 6.44. The van der Waals surface area contributed by atoms with Crippen molar-refractivity contribution in [1.29, 1.82) is 0 Å². The van der Waals surface area contributed by atoms with Gasteiger partial charge in [-0.2, -0.15) is 0 Å². The molecule has 0 bridgehead atoms. The summed E-state index contributed by atoms with van der Waals surface area (Å²) in [7, 11) is 0. The SMILES string of the molecule is O=C(O)C1c2ccoc2CCN1C(=O)C1[C@H]2CC(F)(F)C[C@@H]12. The predicted octanol–water partition coefficient (Wildman–Crippen LogP) is 2.08. The van der Waals surface area contributed by atoms with Crippen LogP contribution in [0.3, 0.4) is 0 Å². The van der Waals surface area contributed by atoms with E-state index in [9.17, 15) is 23.5 Å². The Labute approximate surface area is 124 Å². The minimum atomic E-state index is -2.67. The van der Waals surface area contributed by atoms with Crippen LogP contribution in [0.4, 0.5) is 8.78 Å². The Kier molecular flexibility index (Phi) is 2.68. The summed E-state index contributed by atoms with van der Waals surface area (Å²) in [6.07, 6.45) is 1.37. The van der Waals surface area contributed by atoms with Crippen LogP contribution in [-0.2, 0) is 16.0 Å². The summed E-state index contributed by atoms with van der Waals surface area (Å²) in [5.74, 6) is -4.52. The first-order valence-corrected chi connectivity index (χ1v) is 7.36. The maximum Gasteiger partial charge on any atom is 0.331 e. The highest BCUT2D eigenvalue weighted by atomic mass is 19.3. The number of nitrogens with zero attached hydrogens (tertiary/aromatic N) is 1. The molecular formula is C15H15F2NO4. The van der Waals surface area contributed by atoms with E-state index < -0.39 is 23.9 Å². The molecule has 0 spiro atoms. The average molecular weight is 311 g/mol. The van der Waals surface area contributed by atoms with Gasteiger partial charge in [0.15, 0.2) is 6.04 Å². The van der Waals surface area contributed by atoms with Crippen LogP contribution < -0.4 is 0 Å². The number of aliphatic carboxylic acids is 1. The van der Waals surface area contributed by atoms with E-state index in [0.717, 1.165) is 0 Å². The summed E-state index contributed by atoms with van der Waals surface area (Å²) in [5, 5.41) is 9.46. The lowest BCUT2D eigenvalue weighted by molar-refractivity contribution is -0.152. The number of hydrogen-bond acceptors (Lipinski definition) is 3. The van der Waals surface area contributed by atoms with Gasteiger partial charge in [-0.05, 0) is 17.9 Å². The quantitative estimate of drug-likeness (QED) is 0.908. The molecule has 22 heavy (non-hydrogen) atoms. The topological polar surface area (TPSA) is 70.8 Å². The fourth-order valence-electron chi connectivity index (χ4n) is 4.15. The molecule has 4 atom stereocenters. The molecule has 0 aromatic carbocycles. The lowest BCUT2D eigenvalue weighted by Crippen LogP contribution is -2.44. The predicted molar refractivity (Wildman–Crippen MR) is 69.2 cm³/mol. The van der Waals surface area contributed by atoms with Crippen LogP contribution in [0.25, 0.3) is 0 Å². The van der Waals surface area contributed by atoms with Crippen LogP contribution >= 0.6 is 0 Å². The van der Waals surface area contributed by atoms with E-state index in [2.05, 4.69) is 0 Å². The van der Waals surface area contributed by atoms with Crippen molar-refractivity contribution in [2.45, 2.75) is 31.2 Å². The summed E-state index contributed by atoms with van der Waals surface area (Å²) in [4.78, 5) is 25.5. The summed E-state index contributed by atoms with van der Waals surface area (Å²) in [6, 6.07) is 0.493. The molecule has 0 radical (unpaired) electrons. The van der Waals surface area contributed by atoms with Gasteiger partial charge in [0.25, 0.3) is 0 Å². The maximum atomic E-state index is 13.2. The molecule has 1 amide bonds. The van der Waals surface area contributed by atoms with Gasteiger partial charge in [0.2, 0.25) is 11.8 Å². The summed E-state index contributed by atoms with van der Waals surface area (Å²) in [6.45, 7) is 0.253. The van der Waals surface area contributed by atoms with E-state index in [1.165, 1.54) is 11.2 Å². The second kappa shape index (κ2) is 4.30. The fourth-order valence-corrected chi connectivity index (χ4v) is 4.15. The lowest BCUT2D eigenvalue weighted by atomic mass is 9.97. The van der Waals surface area contributed by atoms with Crippen molar-refractivity contribution in [2.75, 3.05) is 6.54 Å². The molecule has 1 aromatic rings. The van der Waals surface area contributed by atoms with Gasteiger partial charge in [-0.3, -0.25) is 4.79 Å². The van der Waals surface area contributed by atoms with E-state index in [1.54, 1.807) is 6.07 Å². The number of fused-ring (bicyclic) bond motifs is 2. The number of carbonyl (C=O) groups excluding carboxylic acids is 1. The van der Waals surface area contributed by atoms with Gasteiger partial charge in [-0.25, -0.2) is 13.6 Å². The highest BCUT2D eigenvalue weighted by Gasteiger charge is 2.66. The third kappa shape index (κ3) is 1.87. The average Bonchev–Trinajstić information content (AvgIpc) is 2.82. The van der Waals surface area contributed by atoms with Gasteiger partial charge >= 0.3 is 5.97 Å². The number of carbonyl (C=O) groups is 2. The second-order valence-electron chi connectivity index (χ2n) is 6.44. The lowest BCUT2D eigenvalue weighted by Gasteiger charge is -2.33. The number of rotatable bonds is 2. The van der Waals surface area contributed by atoms with Crippen molar-refractivity contribution in [3.05, 3.63) is 23.7 Å². The monoisotopic (exact) mass is 311 g/mol. The van der Waals surface area contributed by atoms with Gasteiger partial charge in [0, 0.05) is 37.3 Å². The molecule has 0 saturated heterocycles. The van der Waals surface area contributed by atoms with Crippen molar-refractivity contribution in [2.24, 2.45) is 17.8 Å². The summed E-state index contributed by atoms with van der Waals surface area (Å²) < 4.78 is 31.7. The highest BCUT2D eigenvalue weighted by Crippen LogP contribution is 2.63. The van der Waals surface area contributed by atoms with E-state index in [-0.39, 0.29) is 37.1 Å². The number of carboxylic acid groups (broad SMARTS) is 1. The first kappa shape index (κ1) is 13.7. The Morgan fingerprint density at radius 2 is 2.00 bits per heavy atom. The van der Waals surface area contributed by atoms with Crippen LogP contribution in [0.1, 0.15) is 30.2 Å². The number of amides is 1. The normalized spacial score (nSPS) is 34.9. The van der Waals surface area contributed by atoms with Crippen molar-refractivity contribution in [3.8, 4) is 0 Å². The zero-order chi connectivity index (χ0) is 15.6. The van der Waals surface area contributed by atoms with Crippen molar-refractivity contribution in [1.82, 2.24) is 4.90 Å². The Morgan fingerprint density at radius 3 is 2.64 bits per heavy atom. The van der Waals surface area contributed by atoms with Gasteiger partial charge in [0.1, 0.15) is 5.76 Å². The Hall–Kier alpha value is -1.92. The van der Waals surface area contributed by atoms with Gasteiger partial charge in [-0.15, -0.1) is 0 Å². The smallest absolute Gasteiger partial charge is 0.331 e. The molecule has 7 heteroatoms. The molecule has 2 aliphatic carbocycles. The van der Waals surface area contributed by atoms with Crippen LogP contribution in [0, 0.1) is 17.8 Å². The third-order valence-corrected chi connectivity index (χ3v) is 5.17. The largest absolute Gasteiger partial charge is 0.479 e. The van der Waals surface area contributed by atoms with Crippen LogP contribution in [-0.4, -0.2) is 34.4 Å². The highest BCUT2D eigenvalue weighted by molar-refractivity contribution is 5.88. The maximum absolute atomic E-state index is 13.2.